The van der Waals surface area contributed by atoms with E-state index in [1.165, 1.54) is 0 Å². The van der Waals surface area contributed by atoms with Crippen molar-refractivity contribution in [3.63, 3.8) is 0 Å². The van der Waals surface area contributed by atoms with E-state index in [2.05, 4.69) is 15.0 Å². The zero-order valence-corrected chi connectivity index (χ0v) is 12.7. The van der Waals surface area contributed by atoms with Gasteiger partial charge in [-0.25, -0.2) is 0 Å². The van der Waals surface area contributed by atoms with E-state index in [1.807, 2.05) is 31.2 Å². The lowest BCUT2D eigenvalue weighted by Gasteiger charge is -2.28. The molecule has 1 atom stereocenters. The number of hydrogen-bond donors (Lipinski definition) is 1. The van der Waals surface area contributed by atoms with E-state index >= 15 is 0 Å². The first-order valence-corrected chi connectivity index (χ1v) is 7.71. The minimum Gasteiger partial charge on any atom is -0.494 e. The number of β-amino-alcohol motifs (C(OH)–C–C–N with tert-alkyl or cyclic N) is 1. The van der Waals surface area contributed by atoms with Crippen LogP contribution in [0.25, 0.3) is 11.4 Å². The fourth-order valence-corrected chi connectivity index (χ4v) is 2.67. The molecule has 0 amide bonds. The number of nitrogens with zero attached hydrogens (tertiary/aromatic N) is 3. The molecule has 1 unspecified atom stereocenters. The molecule has 0 saturated carbocycles. The molecule has 1 aromatic carbocycles. The summed E-state index contributed by atoms with van der Waals surface area (Å²) >= 11 is 0. The Morgan fingerprint density at radius 2 is 2.18 bits per heavy atom. The molecular formula is C16H21N3O3. The molecule has 118 valence electrons. The van der Waals surface area contributed by atoms with Gasteiger partial charge in [-0.05, 0) is 50.6 Å². The number of aliphatic hydroxyl groups excluding tert-OH is 1. The monoisotopic (exact) mass is 303 g/mol. The molecule has 1 N–H and O–H groups in total. The molecule has 0 aliphatic carbocycles. The Morgan fingerprint density at radius 3 is 2.91 bits per heavy atom. The lowest BCUT2D eigenvalue weighted by atomic mass is 10.1. The predicted octanol–water partition coefficient (Wildman–Crippen LogP) is 2.09. The van der Waals surface area contributed by atoms with Crippen LogP contribution < -0.4 is 4.74 Å². The van der Waals surface area contributed by atoms with Crippen LogP contribution in [0.3, 0.4) is 0 Å². The number of aromatic nitrogens is 2. The van der Waals surface area contributed by atoms with Crippen LogP contribution in [0.15, 0.2) is 28.8 Å². The maximum atomic E-state index is 9.69. The van der Waals surface area contributed by atoms with E-state index in [9.17, 15) is 5.11 Å². The summed E-state index contributed by atoms with van der Waals surface area (Å²) < 4.78 is 10.7. The maximum absolute atomic E-state index is 9.69. The van der Waals surface area contributed by atoms with Crippen molar-refractivity contribution in [1.82, 2.24) is 15.0 Å². The molecule has 6 heteroatoms. The van der Waals surface area contributed by atoms with Gasteiger partial charge in [-0.3, -0.25) is 4.90 Å². The van der Waals surface area contributed by atoms with Gasteiger partial charge in [-0.15, -0.1) is 0 Å². The van der Waals surface area contributed by atoms with Gasteiger partial charge in [-0.1, -0.05) is 5.16 Å². The van der Waals surface area contributed by atoms with Gasteiger partial charge < -0.3 is 14.4 Å². The number of piperidine rings is 1. The highest BCUT2D eigenvalue weighted by Crippen LogP contribution is 2.21. The Bertz CT molecular complexity index is 597. The van der Waals surface area contributed by atoms with Crippen molar-refractivity contribution in [3.05, 3.63) is 30.2 Å². The summed E-state index contributed by atoms with van der Waals surface area (Å²) in [4.78, 5) is 6.58. The topological polar surface area (TPSA) is 71.6 Å². The third-order valence-corrected chi connectivity index (χ3v) is 3.73. The Kier molecular flexibility index (Phi) is 4.70. The molecule has 2 aromatic rings. The van der Waals surface area contributed by atoms with Gasteiger partial charge in [0.25, 0.3) is 0 Å². The highest BCUT2D eigenvalue weighted by Gasteiger charge is 2.20. The molecule has 1 aliphatic rings. The summed E-state index contributed by atoms with van der Waals surface area (Å²) in [7, 11) is 0. The summed E-state index contributed by atoms with van der Waals surface area (Å²) in [6, 6.07) is 7.64. The normalized spacial score (nSPS) is 19.3. The molecule has 3 rings (SSSR count). The van der Waals surface area contributed by atoms with Crippen LogP contribution in [-0.2, 0) is 6.54 Å². The largest absolute Gasteiger partial charge is 0.494 e. The second-order valence-corrected chi connectivity index (χ2v) is 5.50. The van der Waals surface area contributed by atoms with Crippen LogP contribution in [-0.4, -0.2) is 45.9 Å². The molecule has 0 radical (unpaired) electrons. The van der Waals surface area contributed by atoms with E-state index in [-0.39, 0.29) is 6.10 Å². The summed E-state index contributed by atoms with van der Waals surface area (Å²) in [5.74, 6) is 1.99. The van der Waals surface area contributed by atoms with E-state index in [0.29, 0.717) is 31.4 Å². The average molecular weight is 303 g/mol. The smallest absolute Gasteiger partial charge is 0.241 e. The maximum Gasteiger partial charge on any atom is 0.241 e. The molecule has 22 heavy (non-hydrogen) atoms. The summed E-state index contributed by atoms with van der Waals surface area (Å²) in [6.07, 6.45) is 1.63. The minimum absolute atomic E-state index is 0.248. The molecular weight excluding hydrogens is 282 g/mol. The molecule has 0 spiro atoms. The summed E-state index contributed by atoms with van der Waals surface area (Å²) in [6.45, 7) is 4.81. The molecule has 6 nitrogen and oxygen atoms in total. The third-order valence-electron chi connectivity index (χ3n) is 3.73. The van der Waals surface area contributed by atoms with Crippen LogP contribution >= 0.6 is 0 Å². The fraction of sp³-hybridized carbons (Fsp3) is 0.500. The Balaban J connectivity index is 1.65. The molecule has 2 heterocycles. The van der Waals surface area contributed by atoms with Crippen molar-refractivity contribution in [3.8, 4) is 17.1 Å². The Labute approximate surface area is 129 Å². The van der Waals surface area contributed by atoms with E-state index in [0.717, 1.165) is 30.7 Å². The number of hydrogen-bond acceptors (Lipinski definition) is 6. The van der Waals surface area contributed by atoms with Gasteiger partial charge in [0, 0.05) is 12.1 Å². The number of rotatable bonds is 5. The van der Waals surface area contributed by atoms with Gasteiger partial charge in [0.15, 0.2) is 0 Å². The number of benzene rings is 1. The predicted molar refractivity (Wildman–Crippen MR) is 81.4 cm³/mol. The molecule has 1 aromatic heterocycles. The zero-order chi connectivity index (χ0) is 15.4. The van der Waals surface area contributed by atoms with Crippen molar-refractivity contribution < 1.29 is 14.4 Å². The third kappa shape index (κ3) is 3.64. The Hall–Kier alpha value is -1.92. The van der Waals surface area contributed by atoms with E-state index in [1.54, 1.807) is 0 Å². The van der Waals surface area contributed by atoms with Gasteiger partial charge in [-0.2, -0.15) is 4.98 Å². The van der Waals surface area contributed by atoms with Crippen molar-refractivity contribution in [2.45, 2.75) is 32.4 Å². The molecule has 1 aliphatic heterocycles. The highest BCUT2D eigenvalue weighted by molar-refractivity contribution is 5.55. The van der Waals surface area contributed by atoms with Gasteiger partial charge in [0.1, 0.15) is 5.75 Å². The zero-order valence-electron chi connectivity index (χ0n) is 12.7. The van der Waals surface area contributed by atoms with Crippen molar-refractivity contribution in [1.29, 1.82) is 0 Å². The number of aliphatic hydroxyl groups is 1. The van der Waals surface area contributed by atoms with E-state index < -0.39 is 0 Å². The Morgan fingerprint density at radius 1 is 1.36 bits per heavy atom. The van der Waals surface area contributed by atoms with Crippen molar-refractivity contribution >= 4 is 0 Å². The molecule has 0 bridgehead atoms. The standard InChI is InChI=1S/C16H21N3O3/c1-2-21-14-7-5-12(6-8-14)16-17-15(22-18-16)11-19-9-3-4-13(20)10-19/h5-8,13,20H,2-4,9-11H2,1H3. The first-order valence-electron chi connectivity index (χ1n) is 7.71. The lowest BCUT2D eigenvalue weighted by Crippen LogP contribution is -2.37. The van der Waals surface area contributed by atoms with Gasteiger partial charge in [0.05, 0.1) is 19.3 Å². The molecule has 1 fully saturated rings. The van der Waals surface area contributed by atoms with Crippen LogP contribution in [0.1, 0.15) is 25.7 Å². The first kappa shape index (κ1) is 15.0. The van der Waals surface area contributed by atoms with Crippen molar-refractivity contribution in [2.24, 2.45) is 0 Å². The SMILES string of the molecule is CCOc1ccc(-c2noc(CN3CCCC(O)C3)n2)cc1. The van der Waals surface area contributed by atoms with E-state index in [4.69, 9.17) is 9.26 Å². The fourth-order valence-electron chi connectivity index (χ4n) is 2.67. The van der Waals surface area contributed by atoms with Crippen molar-refractivity contribution in [2.75, 3.05) is 19.7 Å². The quantitative estimate of drug-likeness (QED) is 0.912. The second-order valence-electron chi connectivity index (χ2n) is 5.50. The second kappa shape index (κ2) is 6.89. The van der Waals surface area contributed by atoms with Gasteiger partial charge in [0.2, 0.25) is 11.7 Å². The summed E-state index contributed by atoms with van der Waals surface area (Å²) in [5.41, 5.74) is 0.900. The number of likely N-dealkylation sites (tertiary alicyclic amines) is 1. The average Bonchev–Trinajstić information content (AvgIpc) is 2.97. The summed E-state index contributed by atoms with van der Waals surface area (Å²) in [5, 5.41) is 13.7. The van der Waals surface area contributed by atoms with Crippen LogP contribution in [0, 0.1) is 0 Å². The van der Waals surface area contributed by atoms with Gasteiger partial charge >= 0.3 is 0 Å². The van der Waals surface area contributed by atoms with Crippen LogP contribution in [0.2, 0.25) is 0 Å². The van der Waals surface area contributed by atoms with Crippen LogP contribution in [0.5, 0.6) is 5.75 Å². The molecule has 1 saturated heterocycles. The first-order chi connectivity index (χ1) is 10.7. The highest BCUT2D eigenvalue weighted by atomic mass is 16.5. The number of ether oxygens (including phenoxy) is 1. The lowest BCUT2D eigenvalue weighted by molar-refractivity contribution is 0.0613. The van der Waals surface area contributed by atoms with Crippen LogP contribution in [0.4, 0.5) is 0 Å². The minimum atomic E-state index is -0.248.